The van der Waals surface area contributed by atoms with E-state index in [2.05, 4.69) is 113 Å². The number of hydrogen-bond donors (Lipinski definition) is 0. The zero-order valence-corrected chi connectivity index (χ0v) is 19.7. The van der Waals surface area contributed by atoms with Crippen LogP contribution in [0, 0.1) is 0 Å². The molecule has 0 radical (unpaired) electrons. The largest absolute Gasteiger partial charge is 0.221 e. The van der Waals surface area contributed by atoms with Gasteiger partial charge in [0.25, 0.3) is 0 Å². The van der Waals surface area contributed by atoms with Gasteiger partial charge in [-0.3, -0.25) is 0 Å². The van der Waals surface area contributed by atoms with Crippen LogP contribution < -0.4 is 9.87 Å². The van der Waals surface area contributed by atoms with E-state index in [4.69, 9.17) is 0 Å². The van der Waals surface area contributed by atoms with E-state index in [0.717, 1.165) is 12.8 Å². The summed E-state index contributed by atoms with van der Waals surface area (Å²) < 4.78 is 2.54. The number of aromatic nitrogens is 1. The molecule has 2 atom stereocenters. The van der Waals surface area contributed by atoms with Crippen molar-refractivity contribution in [3.8, 4) is 11.3 Å². The van der Waals surface area contributed by atoms with Crippen molar-refractivity contribution in [3.63, 3.8) is 0 Å². The summed E-state index contributed by atoms with van der Waals surface area (Å²) in [5.74, 6) is 0. The molecule has 1 aromatic heterocycles. The molecule has 150 valence electrons. The third-order valence-corrected chi connectivity index (χ3v) is 9.28. The lowest BCUT2D eigenvalue weighted by Crippen LogP contribution is -2.68. The van der Waals surface area contributed by atoms with Crippen molar-refractivity contribution in [2.24, 2.45) is 0 Å². The maximum absolute atomic E-state index is 4.36. The molecule has 4 rings (SSSR count). The standard InChI is InChI=1S/C27H34NP/c1-8-26(4)24-16-15-21(29(5,6)7)19-23(24)25-22-14-12-11-13-20(22)17-18-28(25)27(26,9-2)10-3/h9,11-19H,2,8,10H2,1,3-7H3/q+2. The topological polar surface area (TPSA) is 3.88 Å². The molecule has 2 aromatic carbocycles. The molecule has 29 heavy (non-hydrogen) atoms. The van der Waals surface area contributed by atoms with Gasteiger partial charge in [-0.25, -0.2) is 0 Å². The summed E-state index contributed by atoms with van der Waals surface area (Å²) in [5.41, 5.74) is 4.07. The molecule has 0 spiro atoms. The highest BCUT2D eigenvalue weighted by atomic mass is 31.2. The second-order valence-corrected chi connectivity index (χ2v) is 14.1. The molecular formula is C27H34NP+2. The Kier molecular flexibility index (Phi) is 4.74. The van der Waals surface area contributed by atoms with E-state index in [-0.39, 0.29) is 11.0 Å². The Morgan fingerprint density at radius 1 is 1.00 bits per heavy atom. The summed E-state index contributed by atoms with van der Waals surface area (Å²) in [6.45, 7) is 18.7. The average molecular weight is 404 g/mol. The minimum absolute atomic E-state index is 0.00614. The van der Waals surface area contributed by atoms with Crippen molar-refractivity contribution in [2.75, 3.05) is 20.0 Å². The Morgan fingerprint density at radius 3 is 2.34 bits per heavy atom. The zero-order valence-electron chi connectivity index (χ0n) is 18.8. The molecule has 0 bridgehead atoms. The third-order valence-electron chi connectivity index (χ3n) is 7.46. The van der Waals surface area contributed by atoms with Gasteiger partial charge >= 0.3 is 0 Å². The van der Waals surface area contributed by atoms with Crippen LogP contribution in [0.25, 0.3) is 22.0 Å². The third kappa shape index (κ3) is 2.67. The fraction of sp³-hybridized carbons (Fsp3) is 0.370. The number of nitrogens with zero attached hydrogens (tertiary/aromatic N) is 1. The van der Waals surface area contributed by atoms with Crippen molar-refractivity contribution < 1.29 is 4.57 Å². The second-order valence-electron chi connectivity index (χ2n) is 9.53. The van der Waals surface area contributed by atoms with Gasteiger partial charge in [0.15, 0.2) is 11.7 Å². The Morgan fingerprint density at radius 2 is 1.72 bits per heavy atom. The summed E-state index contributed by atoms with van der Waals surface area (Å²) in [6, 6.07) is 18.4. The number of allylic oxidation sites excluding steroid dienone is 1. The highest BCUT2D eigenvalue weighted by Gasteiger charge is 2.58. The molecule has 0 fully saturated rings. The predicted octanol–water partition coefficient (Wildman–Crippen LogP) is 6.30. The normalized spacial score (nSPS) is 23.5. The number of fused-ring (bicyclic) bond motifs is 5. The average Bonchev–Trinajstić information content (AvgIpc) is 2.73. The van der Waals surface area contributed by atoms with Gasteiger partial charge < -0.3 is 0 Å². The molecule has 1 aliphatic heterocycles. The molecular weight excluding hydrogens is 369 g/mol. The highest BCUT2D eigenvalue weighted by molar-refractivity contribution is 7.80. The van der Waals surface area contributed by atoms with Gasteiger partial charge in [-0.05, 0) is 48.6 Å². The fourth-order valence-electron chi connectivity index (χ4n) is 5.48. The number of rotatable bonds is 4. The maximum atomic E-state index is 4.36. The van der Waals surface area contributed by atoms with Gasteiger partial charge in [-0.1, -0.05) is 44.7 Å². The van der Waals surface area contributed by atoms with Crippen LogP contribution in [0.1, 0.15) is 39.2 Å². The maximum Gasteiger partial charge on any atom is 0.221 e. The molecule has 0 aliphatic carbocycles. The first kappa shape index (κ1) is 20.3. The Labute approximate surface area is 176 Å². The van der Waals surface area contributed by atoms with Gasteiger partial charge in [0.05, 0.1) is 41.7 Å². The van der Waals surface area contributed by atoms with Crippen LogP contribution in [-0.2, 0) is 11.0 Å². The zero-order chi connectivity index (χ0) is 21.0. The van der Waals surface area contributed by atoms with Crippen molar-refractivity contribution in [1.29, 1.82) is 0 Å². The second kappa shape index (κ2) is 6.78. The monoisotopic (exact) mass is 403 g/mol. The van der Waals surface area contributed by atoms with Crippen molar-refractivity contribution in [1.82, 2.24) is 0 Å². The van der Waals surface area contributed by atoms with Gasteiger partial charge in [-0.2, -0.15) is 4.57 Å². The molecule has 0 amide bonds. The minimum Gasteiger partial charge on any atom is -0.188 e. The van der Waals surface area contributed by atoms with Crippen LogP contribution in [0.4, 0.5) is 0 Å². The number of pyridine rings is 1. The molecule has 2 heterocycles. The molecule has 0 saturated carbocycles. The Balaban J connectivity index is 2.22. The molecule has 2 unspecified atom stereocenters. The van der Waals surface area contributed by atoms with E-state index in [9.17, 15) is 0 Å². The number of hydrogen-bond acceptors (Lipinski definition) is 0. The van der Waals surface area contributed by atoms with Crippen molar-refractivity contribution >= 4 is 23.3 Å². The van der Waals surface area contributed by atoms with E-state index in [1.807, 2.05) is 0 Å². The SMILES string of the molecule is C=CC1(CC)[n+]2ccc3ccccc3c2-c2cc([P+](C)(C)C)ccc2C1(C)CC. The van der Waals surface area contributed by atoms with Gasteiger partial charge in [-0.15, -0.1) is 0 Å². The van der Waals surface area contributed by atoms with E-state index in [0.29, 0.717) is 0 Å². The molecule has 0 saturated heterocycles. The Hall–Kier alpha value is -1.98. The van der Waals surface area contributed by atoms with E-state index < -0.39 is 7.26 Å². The summed E-state index contributed by atoms with van der Waals surface area (Å²) in [5, 5.41) is 4.13. The lowest BCUT2D eigenvalue weighted by atomic mass is 9.59. The smallest absolute Gasteiger partial charge is 0.188 e. The minimum atomic E-state index is -1.11. The molecule has 3 aromatic rings. The van der Waals surface area contributed by atoms with Crippen molar-refractivity contribution in [2.45, 2.75) is 44.6 Å². The fourth-order valence-corrected chi connectivity index (χ4v) is 6.51. The lowest BCUT2D eigenvalue weighted by Gasteiger charge is -2.46. The number of benzene rings is 2. The molecule has 1 nitrogen and oxygen atoms in total. The molecule has 0 N–H and O–H groups in total. The van der Waals surface area contributed by atoms with E-state index in [1.165, 1.54) is 32.9 Å². The van der Waals surface area contributed by atoms with Crippen LogP contribution in [0.2, 0.25) is 0 Å². The molecule has 2 heteroatoms. The van der Waals surface area contributed by atoms with Gasteiger partial charge in [0.1, 0.15) is 0 Å². The quantitative estimate of drug-likeness (QED) is 0.273. The van der Waals surface area contributed by atoms with Crippen LogP contribution in [0.15, 0.2) is 67.4 Å². The summed E-state index contributed by atoms with van der Waals surface area (Å²) in [6.07, 6.45) is 6.61. The van der Waals surface area contributed by atoms with Gasteiger partial charge in [0.2, 0.25) is 5.69 Å². The van der Waals surface area contributed by atoms with Crippen molar-refractivity contribution in [3.05, 3.63) is 72.9 Å². The van der Waals surface area contributed by atoms with E-state index >= 15 is 0 Å². The summed E-state index contributed by atoms with van der Waals surface area (Å²) in [4.78, 5) is 0. The van der Waals surface area contributed by atoms with Crippen LogP contribution in [0.5, 0.6) is 0 Å². The molecule has 1 aliphatic rings. The Bertz CT molecular complexity index is 1110. The first-order chi connectivity index (χ1) is 13.7. The van der Waals surface area contributed by atoms with Gasteiger partial charge in [0, 0.05) is 19.7 Å². The first-order valence-electron chi connectivity index (χ1n) is 10.8. The first-order valence-corrected chi connectivity index (χ1v) is 13.9. The van der Waals surface area contributed by atoms with Crippen LogP contribution in [-0.4, -0.2) is 20.0 Å². The van der Waals surface area contributed by atoms with E-state index in [1.54, 1.807) is 0 Å². The lowest BCUT2D eigenvalue weighted by molar-refractivity contribution is -0.755. The summed E-state index contributed by atoms with van der Waals surface area (Å²) >= 11 is 0. The van der Waals surface area contributed by atoms with Crippen LogP contribution >= 0.6 is 7.26 Å². The van der Waals surface area contributed by atoms with Crippen LogP contribution in [0.3, 0.4) is 0 Å². The summed E-state index contributed by atoms with van der Waals surface area (Å²) in [7, 11) is -1.11. The highest BCUT2D eigenvalue weighted by Crippen LogP contribution is 2.53. The predicted molar refractivity (Wildman–Crippen MR) is 130 cm³/mol.